The van der Waals surface area contributed by atoms with E-state index in [0.29, 0.717) is 34.8 Å². The Hall–Kier alpha value is -2.01. The van der Waals surface area contributed by atoms with Crippen molar-refractivity contribution < 1.29 is 9.18 Å². The number of carbonyl (C=O) groups is 1. The second-order valence-corrected chi connectivity index (χ2v) is 7.07. The Morgan fingerprint density at radius 3 is 2.75 bits per heavy atom. The van der Waals surface area contributed by atoms with Crippen molar-refractivity contribution >= 4 is 16.8 Å². The number of hydrogen-bond donors (Lipinski definition) is 2. The highest BCUT2D eigenvalue weighted by Gasteiger charge is 2.27. The van der Waals surface area contributed by atoms with Gasteiger partial charge in [-0.05, 0) is 49.4 Å². The van der Waals surface area contributed by atoms with Crippen molar-refractivity contribution in [1.82, 2.24) is 10.3 Å². The van der Waals surface area contributed by atoms with Crippen molar-refractivity contribution in [1.29, 1.82) is 0 Å². The molecule has 0 bridgehead atoms. The van der Waals surface area contributed by atoms with Crippen LogP contribution >= 0.6 is 0 Å². The van der Waals surface area contributed by atoms with E-state index >= 15 is 0 Å². The first-order chi connectivity index (χ1) is 11.5. The van der Waals surface area contributed by atoms with Gasteiger partial charge in [-0.3, -0.25) is 9.78 Å². The van der Waals surface area contributed by atoms with E-state index in [1.807, 2.05) is 6.07 Å². The quantitative estimate of drug-likeness (QED) is 0.854. The average Bonchev–Trinajstić information content (AvgIpc) is 3.37. The molecule has 1 aliphatic carbocycles. The highest BCUT2D eigenvalue weighted by atomic mass is 19.1. The van der Waals surface area contributed by atoms with Gasteiger partial charge in [-0.15, -0.1) is 0 Å². The normalized spacial score (nSPS) is 15.7. The number of halogens is 1. The number of nitrogens with one attached hydrogen (secondary N) is 1. The van der Waals surface area contributed by atoms with E-state index in [2.05, 4.69) is 24.1 Å². The SMILES string of the molecule is CC(C)CC(CN)NC(=O)c1cc(C2CC2)nc2ccc(F)cc12. The molecule has 1 aromatic heterocycles. The predicted molar refractivity (Wildman–Crippen MR) is 93.4 cm³/mol. The second kappa shape index (κ2) is 6.85. The summed E-state index contributed by atoms with van der Waals surface area (Å²) in [5.74, 6) is 0.292. The fraction of sp³-hybridized carbons (Fsp3) is 0.474. The molecule has 1 aliphatic rings. The fourth-order valence-corrected chi connectivity index (χ4v) is 3.04. The molecule has 1 heterocycles. The van der Waals surface area contributed by atoms with E-state index in [1.54, 1.807) is 6.07 Å². The average molecular weight is 329 g/mol. The van der Waals surface area contributed by atoms with Gasteiger partial charge in [0.2, 0.25) is 0 Å². The Morgan fingerprint density at radius 2 is 2.12 bits per heavy atom. The first kappa shape index (κ1) is 16.8. The number of hydrogen-bond acceptors (Lipinski definition) is 3. The van der Waals surface area contributed by atoms with Gasteiger partial charge < -0.3 is 11.1 Å². The van der Waals surface area contributed by atoms with Crippen molar-refractivity contribution in [3.8, 4) is 0 Å². The monoisotopic (exact) mass is 329 g/mol. The lowest BCUT2D eigenvalue weighted by Crippen LogP contribution is -2.41. The summed E-state index contributed by atoms with van der Waals surface area (Å²) in [6.45, 7) is 4.57. The zero-order valence-electron chi connectivity index (χ0n) is 14.2. The highest BCUT2D eigenvalue weighted by molar-refractivity contribution is 6.06. The standard InChI is InChI=1S/C19H24FN3O/c1-11(2)7-14(10-21)22-19(24)16-9-18(12-3-4-12)23-17-6-5-13(20)8-15(16)17/h5-6,8-9,11-12,14H,3-4,7,10,21H2,1-2H3,(H,22,24). The summed E-state index contributed by atoms with van der Waals surface area (Å²) in [4.78, 5) is 17.4. The van der Waals surface area contributed by atoms with Crippen molar-refractivity contribution in [2.45, 2.75) is 45.1 Å². The molecule has 1 aromatic carbocycles. The lowest BCUT2D eigenvalue weighted by molar-refractivity contribution is 0.0935. The maximum atomic E-state index is 13.7. The molecule has 128 valence electrons. The van der Waals surface area contributed by atoms with Crippen molar-refractivity contribution in [3.05, 3.63) is 41.3 Å². The molecule has 0 spiro atoms. The molecular formula is C19H24FN3O. The van der Waals surface area contributed by atoms with Crippen LogP contribution in [-0.2, 0) is 0 Å². The Morgan fingerprint density at radius 1 is 1.38 bits per heavy atom. The van der Waals surface area contributed by atoms with E-state index in [4.69, 9.17) is 5.73 Å². The third-order valence-electron chi connectivity index (χ3n) is 4.41. The van der Waals surface area contributed by atoms with Crippen LogP contribution in [0.3, 0.4) is 0 Å². The number of carbonyl (C=O) groups excluding carboxylic acids is 1. The first-order valence-corrected chi connectivity index (χ1v) is 8.59. The Bertz CT molecular complexity index is 756. The van der Waals surface area contributed by atoms with E-state index in [1.165, 1.54) is 12.1 Å². The minimum Gasteiger partial charge on any atom is -0.348 e. The molecule has 24 heavy (non-hydrogen) atoms. The molecule has 4 nitrogen and oxygen atoms in total. The summed E-state index contributed by atoms with van der Waals surface area (Å²) in [7, 11) is 0. The van der Waals surface area contributed by atoms with Crippen LogP contribution < -0.4 is 11.1 Å². The third kappa shape index (κ3) is 3.73. The van der Waals surface area contributed by atoms with Crippen LogP contribution in [0.4, 0.5) is 4.39 Å². The lowest BCUT2D eigenvalue weighted by Gasteiger charge is -2.19. The number of fused-ring (bicyclic) bond motifs is 1. The summed E-state index contributed by atoms with van der Waals surface area (Å²) in [6.07, 6.45) is 3.01. The van der Waals surface area contributed by atoms with Gasteiger partial charge in [0.1, 0.15) is 5.82 Å². The van der Waals surface area contributed by atoms with Crippen LogP contribution in [0.1, 0.15) is 55.1 Å². The van der Waals surface area contributed by atoms with E-state index in [-0.39, 0.29) is 17.8 Å². The molecule has 3 N–H and O–H groups in total. The van der Waals surface area contributed by atoms with Crippen LogP contribution in [0.15, 0.2) is 24.3 Å². The largest absolute Gasteiger partial charge is 0.348 e. The Kier molecular flexibility index (Phi) is 4.81. The summed E-state index contributed by atoms with van der Waals surface area (Å²) >= 11 is 0. The number of benzene rings is 1. The minimum absolute atomic E-state index is 0.0846. The van der Waals surface area contributed by atoms with Gasteiger partial charge in [-0.2, -0.15) is 0 Å². The molecule has 1 saturated carbocycles. The summed E-state index contributed by atoms with van der Waals surface area (Å²) < 4.78 is 13.7. The zero-order valence-corrected chi connectivity index (χ0v) is 14.2. The molecule has 2 aromatic rings. The number of nitrogens with zero attached hydrogens (tertiary/aromatic N) is 1. The van der Waals surface area contributed by atoms with Crippen LogP contribution in [0.2, 0.25) is 0 Å². The van der Waals surface area contributed by atoms with Gasteiger partial charge >= 0.3 is 0 Å². The van der Waals surface area contributed by atoms with Gasteiger partial charge in [-0.1, -0.05) is 13.8 Å². The molecule has 1 unspecified atom stereocenters. The molecule has 1 atom stereocenters. The number of pyridine rings is 1. The van der Waals surface area contributed by atoms with Gasteiger partial charge in [0, 0.05) is 29.6 Å². The lowest BCUT2D eigenvalue weighted by atomic mass is 10.0. The highest BCUT2D eigenvalue weighted by Crippen LogP contribution is 2.40. The van der Waals surface area contributed by atoms with E-state index < -0.39 is 0 Å². The predicted octanol–water partition coefficient (Wildman–Crippen LogP) is 3.35. The first-order valence-electron chi connectivity index (χ1n) is 8.59. The topological polar surface area (TPSA) is 68.0 Å². The van der Waals surface area contributed by atoms with Crippen LogP contribution in [-0.4, -0.2) is 23.5 Å². The van der Waals surface area contributed by atoms with Gasteiger partial charge in [0.15, 0.2) is 0 Å². The molecule has 3 rings (SSSR count). The van der Waals surface area contributed by atoms with Crippen LogP contribution in [0.5, 0.6) is 0 Å². The summed E-state index contributed by atoms with van der Waals surface area (Å²) in [5.41, 5.74) is 7.86. The molecule has 0 aliphatic heterocycles. The smallest absolute Gasteiger partial charge is 0.252 e. The molecule has 1 amide bonds. The molecule has 0 radical (unpaired) electrons. The van der Waals surface area contributed by atoms with Gasteiger partial charge in [-0.25, -0.2) is 4.39 Å². The maximum absolute atomic E-state index is 13.7. The molecule has 0 saturated heterocycles. The Balaban J connectivity index is 1.96. The van der Waals surface area contributed by atoms with Gasteiger partial charge in [0.05, 0.1) is 11.1 Å². The number of aromatic nitrogens is 1. The third-order valence-corrected chi connectivity index (χ3v) is 4.41. The van der Waals surface area contributed by atoms with Crippen molar-refractivity contribution in [3.63, 3.8) is 0 Å². The molecule has 5 heteroatoms. The number of amides is 1. The number of rotatable bonds is 6. The van der Waals surface area contributed by atoms with Crippen molar-refractivity contribution in [2.24, 2.45) is 11.7 Å². The molecule has 1 fully saturated rings. The van der Waals surface area contributed by atoms with E-state index in [0.717, 1.165) is 25.0 Å². The van der Waals surface area contributed by atoms with Crippen LogP contribution in [0, 0.1) is 11.7 Å². The maximum Gasteiger partial charge on any atom is 0.252 e. The second-order valence-electron chi connectivity index (χ2n) is 7.07. The summed E-state index contributed by atoms with van der Waals surface area (Å²) in [5, 5.41) is 3.55. The van der Waals surface area contributed by atoms with Gasteiger partial charge in [0.25, 0.3) is 5.91 Å². The number of nitrogens with two attached hydrogens (primary N) is 1. The van der Waals surface area contributed by atoms with E-state index in [9.17, 15) is 9.18 Å². The fourth-order valence-electron chi connectivity index (χ4n) is 3.04. The molecular weight excluding hydrogens is 305 g/mol. The summed E-state index contributed by atoms with van der Waals surface area (Å²) in [6, 6.07) is 6.14. The minimum atomic E-state index is -0.366. The zero-order chi connectivity index (χ0) is 17.3. The van der Waals surface area contributed by atoms with Crippen molar-refractivity contribution in [2.75, 3.05) is 6.54 Å². The van der Waals surface area contributed by atoms with Crippen LogP contribution in [0.25, 0.3) is 10.9 Å². The Labute approximate surface area is 141 Å².